The minimum atomic E-state index is 0. The molecular formula is C22H36O6Zr. The molecule has 0 bridgehead atoms. The van der Waals surface area contributed by atoms with Crippen LogP contribution in [-0.4, -0.2) is 45.6 Å². The Morgan fingerprint density at radius 2 is 1.38 bits per heavy atom. The molecule has 0 unspecified atom stereocenters. The Balaban J connectivity index is 0.00000143. The molecule has 1 aromatic rings. The van der Waals surface area contributed by atoms with Gasteiger partial charge in [0.25, 0.3) is 0 Å². The molecule has 164 valence electrons. The Bertz CT molecular complexity index is 560. The van der Waals surface area contributed by atoms with E-state index in [1.54, 1.807) is 0 Å². The number of fused-ring (bicyclic) bond motifs is 1. The molecule has 0 atom stereocenters. The van der Waals surface area contributed by atoms with Gasteiger partial charge < -0.3 is 28.5 Å². The van der Waals surface area contributed by atoms with E-state index >= 15 is 0 Å². The van der Waals surface area contributed by atoms with Gasteiger partial charge in [0, 0.05) is 32.8 Å². The number of hydrogen-bond acceptors (Lipinski definition) is 6. The van der Waals surface area contributed by atoms with E-state index in [-0.39, 0.29) is 32.0 Å². The van der Waals surface area contributed by atoms with Crippen molar-refractivity contribution >= 4 is 5.78 Å². The average Bonchev–Trinajstić information content (AvgIpc) is 3.10. The third-order valence-electron chi connectivity index (χ3n) is 3.86. The number of rotatable bonds is 13. The normalized spacial score (nSPS) is 11.4. The van der Waals surface area contributed by atoms with E-state index in [1.165, 1.54) is 25.0 Å². The Hall–Kier alpha value is -0.747. The molecule has 0 aliphatic carbocycles. The summed E-state index contributed by atoms with van der Waals surface area (Å²) in [5.41, 5.74) is 2.44. The molecule has 0 saturated carbocycles. The van der Waals surface area contributed by atoms with Gasteiger partial charge in [-0.15, -0.1) is 0 Å². The molecule has 6 nitrogen and oxygen atoms in total. The number of benzene rings is 1. The number of hydrogen-bond donors (Lipinski definition) is 0. The molecule has 0 spiro atoms. The minimum absolute atomic E-state index is 0. The summed E-state index contributed by atoms with van der Waals surface area (Å²) in [7, 11) is 0. The Morgan fingerprint density at radius 1 is 0.862 bits per heavy atom. The molecule has 0 amide bonds. The van der Waals surface area contributed by atoms with E-state index in [9.17, 15) is 4.79 Å². The number of ether oxygens (including phenoxy) is 5. The van der Waals surface area contributed by atoms with E-state index in [0.29, 0.717) is 39.8 Å². The second-order valence-corrected chi connectivity index (χ2v) is 6.76. The second kappa shape index (κ2) is 18.1. The van der Waals surface area contributed by atoms with Crippen molar-refractivity contribution < 1.29 is 54.7 Å². The number of ketones is 1. The first-order valence-corrected chi connectivity index (χ1v) is 10.2. The van der Waals surface area contributed by atoms with Gasteiger partial charge in [-0.1, -0.05) is 26.7 Å². The molecule has 2 rings (SSSR count). The molecule has 0 N–H and O–H groups in total. The van der Waals surface area contributed by atoms with Gasteiger partial charge in [0.2, 0.25) is 6.79 Å². The summed E-state index contributed by atoms with van der Waals surface area (Å²) in [6, 6.07) is 4.12. The molecular weight excluding hydrogens is 451 g/mol. The molecule has 0 radical (unpaired) electrons. The van der Waals surface area contributed by atoms with Crippen LogP contribution in [0, 0.1) is 0 Å². The van der Waals surface area contributed by atoms with Gasteiger partial charge in [-0.25, -0.2) is 0 Å². The van der Waals surface area contributed by atoms with Crippen LogP contribution in [0.2, 0.25) is 0 Å². The smallest absolute Gasteiger partial charge is 0.231 e. The Labute approximate surface area is 194 Å². The summed E-state index contributed by atoms with van der Waals surface area (Å²) < 4.78 is 27.6. The van der Waals surface area contributed by atoms with Gasteiger partial charge in [0.05, 0.1) is 33.0 Å². The number of aryl methyl sites for hydroxylation is 1. The SMILES string of the molecule is CC(C)=O.CCCCOCCOCCOCc1cc2c(cc1CCC)OCO2.[Zr]. The first kappa shape index (κ1) is 28.3. The van der Waals surface area contributed by atoms with Crippen LogP contribution in [0.4, 0.5) is 0 Å². The van der Waals surface area contributed by atoms with E-state index in [1.807, 2.05) is 6.07 Å². The summed E-state index contributed by atoms with van der Waals surface area (Å²) in [5.74, 6) is 1.82. The van der Waals surface area contributed by atoms with Crippen LogP contribution in [0.25, 0.3) is 0 Å². The fourth-order valence-electron chi connectivity index (χ4n) is 2.53. The van der Waals surface area contributed by atoms with Crippen LogP contribution >= 0.6 is 0 Å². The molecule has 1 aliphatic rings. The fourth-order valence-corrected chi connectivity index (χ4v) is 2.53. The van der Waals surface area contributed by atoms with Crippen LogP contribution in [0.5, 0.6) is 11.5 Å². The van der Waals surface area contributed by atoms with Crippen molar-refractivity contribution in [3.63, 3.8) is 0 Å². The van der Waals surface area contributed by atoms with Crippen molar-refractivity contribution in [1.29, 1.82) is 0 Å². The maximum absolute atomic E-state index is 9.44. The summed E-state index contributed by atoms with van der Waals surface area (Å²) in [6.07, 6.45) is 4.38. The average molecular weight is 488 g/mol. The van der Waals surface area contributed by atoms with E-state index in [0.717, 1.165) is 43.8 Å². The van der Waals surface area contributed by atoms with E-state index in [2.05, 4.69) is 19.9 Å². The number of carbonyl (C=O) groups excluding carboxylic acids is 1. The predicted molar refractivity (Wildman–Crippen MR) is 109 cm³/mol. The maximum Gasteiger partial charge on any atom is 0.231 e. The summed E-state index contributed by atoms with van der Waals surface area (Å²) in [5, 5.41) is 0. The first-order valence-electron chi connectivity index (χ1n) is 10.2. The van der Waals surface area contributed by atoms with Gasteiger partial charge in [-0.3, -0.25) is 0 Å². The van der Waals surface area contributed by atoms with Crippen molar-refractivity contribution in [1.82, 2.24) is 0 Å². The fraction of sp³-hybridized carbons (Fsp3) is 0.682. The van der Waals surface area contributed by atoms with Crippen LogP contribution in [0.15, 0.2) is 12.1 Å². The largest absolute Gasteiger partial charge is 0.454 e. The molecule has 7 heteroatoms. The maximum atomic E-state index is 9.44. The van der Waals surface area contributed by atoms with E-state index in [4.69, 9.17) is 23.7 Å². The molecule has 1 aliphatic heterocycles. The van der Waals surface area contributed by atoms with Gasteiger partial charge in [0.15, 0.2) is 11.5 Å². The molecule has 0 saturated heterocycles. The third kappa shape index (κ3) is 13.2. The number of carbonyl (C=O) groups is 1. The van der Waals surface area contributed by atoms with Crippen LogP contribution in [-0.2, 0) is 58.2 Å². The minimum Gasteiger partial charge on any atom is -0.454 e. The Kier molecular flexibility index (Phi) is 17.6. The molecule has 0 aromatic heterocycles. The van der Waals surface area contributed by atoms with Gasteiger partial charge in [-0.05, 0) is 49.9 Å². The van der Waals surface area contributed by atoms with Crippen molar-refractivity contribution in [2.75, 3.05) is 39.8 Å². The summed E-state index contributed by atoms with van der Waals surface area (Å²) in [6.45, 7) is 11.5. The van der Waals surface area contributed by atoms with Gasteiger partial charge in [0.1, 0.15) is 5.78 Å². The monoisotopic (exact) mass is 486 g/mol. The topological polar surface area (TPSA) is 63.2 Å². The predicted octanol–water partition coefficient (Wildman–Crippen LogP) is 4.31. The van der Waals surface area contributed by atoms with Crippen molar-refractivity contribution in [3.05, 3.63) is 23.3 Å². The summed E-state index contributed by atoms with van der Waals surface area (Å²) in [4.78, 5) is 9.44. The van der Waals surface area contributed by atoms with Crippen molar-refractivity contribution in [2.24, 2.45) is 0 Å². The van der Waals surface area contributed by atoms with Gasteiger partial charge in [-0.2, -0.15) is 0 Å². The summed E-state index contributed by atoms with van der Waals surface area (Å²) >= 11 is 0. The molecule has 29 heavy (non-hydrogen) atoms. The van der Waals surface area contributed by atoms with Crippen LogP contribution in [0.1, 0.15) is 58.1 Å². The molecule has 1 aromatic carbocycles. The van der Waals surface area contributed by atoms with Crippen LogP contribution < -0.4 is 9.47 Å². The zero-order valence-electron chi connectivity index (χ0n) is 18.4. The van der Waals surface area contributed by atoms with Crippen LogP contribution in [0.3, 0.4) is 0 Å². The molecule has 0 fully saturated rings. The zero-order valence-corrected chi connectivity index (χ0v) is 20.8. The first-order chi connectivity index (χ1) is 13.6. The van der Waals surface area contributed by atoms with Crippen molar-refractivity contribution in [3.8, 4) is 11.5 Å². The standard InChI is InChI=1S/C19H30O5.C3H6O.Zr/c1-3-5-7-20-8-9-21-10-11-22-14-17-13-19-18(23-15-24-19)12-16(17)6-4-2;1-3(2)4;/h12-13H,3-11,14-15H2,1-2H3;1-2H3;. The number of Topliss-reactive ketones (excluding diaryl/α,β-unsaturated/α-hetero) is 1. The number of unbranched alkanes of at least 4 members (excludes halogenated alkanes) is 1. The third-order valence-corrected chi connectivity index (χ3v) is 3.86. The van der Waals surface area contributed by atoms with E-state index < -0.39 is 0 Å². The molecule has 1 heterocycles. The quantitative estimate of drug-likeness (QED) is 0.386. The van der Waals surface area contributed by atoms with Crippen molar-refractivity contribution in [2.45, 2.75) is 60.0 Å². The van der Waals surface area contributed by atoms with Gasteiger partial charge >= 0.3 is 0 Å². The second-order valence-electron chi connectivity index (χ2n) is 6.76. The Morgan fingerprint density at radius 3 is 1.93 bits per heavy atom. The zero-order chi connectivity index (χ0) is 20.6.